The molecule has 0 bridgehead atoms. The number of hydrogen-bond acceptors (Lipinski definition) is 8. The molecule has 3 N–H and O–H groups in total. The fourth-order valence-corrected chi connectivity index (χ4v) is 2.57. The number of H-pyrrole nitrogens is 1. The van der Waals surface area contributed by atoms with Gasteiger partial charge in [-0.15, -0.1) is 10.2 Å². The van der Waals surface area contributed by atoms with E-state index in [1.54, 1.807) is 30.3 Å². The average Bonchev–Trinajstić information content (AvgIpc) is 3.03. The average molecular weight is 413 g/mol. The van der Waals surface area contributed by atoms with E-state index in [9.17, 15) is 25.0 Å². The molecule has 0 spiro atoms. The van der Waals surface area contributed by atoms with Gasteiger partial charge in [0.1, 0.15) is 0 Å². The van der Waals surface area contributed by atoms with Crippen molar-refractivity contribution in [2.75, 3.05) is 0 Å². The van der Waals surface area contributed by atoms with Crippen molar-refractivity contribution in [2.45, 2.75) is 0 Å². The number of nitro groups is 2. The van der Waals surface area contributed by atoms with E-state index < -0.39 is 26.8 Å². The number of benzene rings is 2. The van der Waals surface area contributed by atoms with Crippen LogP contribution in [-0.2, 0) is 0 Å². The van der Waals surface area contributed by atoms with E-state index in [0.29, 0.717) is 5.56 Å². The largest absolute Gasteiger partial charge is 0.374 e. The Kier molecular flexibility index (Phi) is 5.23. The van der Waals surface area contributed by atoms with E-state index in [4.69, 9.17) is 18.0 Å². The number of aromatic amines is 1. The van der Waals surface area contributed by atoms with Crippen molar-refractivity contribution < 1.29 is 9.85 Å². The maximum atomic E-state index is 12.6. The Labute approximate surface area is 166 Å². The fraction of sp³-hybridized carbons (Fsp3) is 0. The van der Waals surface area contributed by atoms with E-state index >= 15 is 0 Å². The third-order valence-corrected chi connectivity index (χ3v) is 3.96. The first-order chi connectivity index (χ1) is 13.8. The van der Waals surface area contributed by atoms with Gasteiger partial charge in [0.2, 0.25) is 0 Å². The highest BCUT2D eigenvalue weighted by Gasteiger charge is 2.21. The highest BCUT2D eigenvalue weighted by atomic mass is 32.1. The molecule has 1 heterocycles. The first-order valence-electron chi connectivity index (χ1n) is 7.84. The minimum absolute atomic E-state index is 0.184. The van der Waals surface area contributed by atoms with Crippen LogP contribution in [-0.4, -0.2) is 24.7 Å². The van der Waals surface area contributed by atoms with E-state index in [0.717, 1.165) is 22.9 Å². The maximum absolute atomic E-state index is 12.6. The van der Waals surface area contributed by atoms with Crippen LogP contribution in [0.2, 0.25) is 0 Å². The molecule has 12 nitrogen and oxygen atoms in total. The van der Waals surface area contributed by atoms with Gasteiger partial charge in [-0.05, 0) is 18.3 Å². The second-order valence-corrected chi connectivity index (χ2v) is 5.99. The monoisotopic (exact) mass is 413 g/mol. The molecule has 146 valence electrons. The molecule has 0 unspecified atom stereocenters. The molecule has 0 saturated carbocycles. The number of non-ortho nitro benzene ring substituents is 1. The van der Waals surface area contributed by atoms with Crippen molar-refractivity contribution in [3.63, 3.8) is 0 Å². The number of nitrogens with two attached hydrogens (primary N) is 1. The quantitative estimate of drug-likeness (QED) is 0.279. The van der Waals surface area contributed by atoms with E-state index in [1.807, 2.05) is 0 Å². The van der Waals surface area contributed by atoms with Crippen molar-refractivity contribution in [1.29, 1.82) is 0 Å². The zero-order chi connectivity index (χ0) is 21.1. The van der Waals surface area contributed by atoms with Crippen LogP contribution in [0.1, 0.15) is 0 Å². The van der Waals surface area contributed by atoms with Crippen LogP contribution in [0, 0.1) is 20.2 Å². The van der Waals surface area contributed by atoms with Crippen LogP contribution in [0.5, 0.6) is 0 Å². The summed E-state index contributed by atoms with van der Waals surface area (Å²) in [7, 11) is 0. The third-order valence-electron chi connectivity index (χ3n) is 3.77. The van der Waals surface area contributed by atoms with Crippen LogP contribution in [0.25, 0.3) is 11.3 Å². The number of hydrogen-bond donors (Lipinski definition) is 2. The highest BCUT2D eigenvalue weighted by Crippen LogP contribution is 2.33. The van der Waals surface area contributed by atoms with Crippen molar-refractivity contribution >= 4 is 40.1 Å². The van der Waals surface area contributed by atoms with E-state index in [-0.39, 0.29) is 22.2 Å². The molecule has 0 radical (unpaired) electrons. The molecule has 0 fully saturated rings. The van der Waals surface area contributed by atoms with Gasteiger partial charge in [0.05, 0.1) is 21.6 Å². The minimum Gasteiger partial charge on any atom is -0.374 e. The first kappa shape index (κ1) is 19.5. The van der Waals surface area contributed by atoms with E-state index in [1.165, 1.54) is 0 Å². The molecule has 13 heteroatoms. The Morgan fingerprint density at radius 1 is 1.07 bits per heavy atom. The van der Waals surface area contributed by atoms with Crippen LogP contribution in [0.3, 0.4) is 0 Å². The first-order valence-corrected chi connectivity index (χ1v) is 8.25. The van der Waals surface area contributed by atoms with Crippen LogP contribution in [0.15, 0.2) is 63.6 Å². The van der Waals surface area contributed by atoms with Gasteiger partial charge in [-0.2, -0.15) is 4.68 Å². The molecule has 3 aromatic rings. The van der Waals surface area contributed by atoms with Gasteiger partial charge in [-0.3, -0.25) is 30.1 Å². The lowest BCUT2D eigenvalue weighted by Gasteiger charge is -1.99. The molecule has 0 atom stereocenters. The zero-order valence-electron chi connectivity index (χ0n) is 14.4. The lowest BCUT2D eigenvalue weighted by atomic mass is 10.1. The summed E-state index contributed by atoms with van der Waals surface area (Å²) in [5.74, 6) is 0. The maximum Gasteiger partial charge on any atom is 0.303 e. The lowest BCUT2D eigenvalue weighted by molar-refractivity contribution is -0.393. The van der Waals surface area contributed by atoms with Crippen LogP contribution in [0.4, 0.5) is 22.7 Å². The Morgan fingerprint density at radius 2 is 1.76 bits per heavy atom. The zero-order valence-corrected chi connectivity index (χ0v) is 15.2. The number of rotatable bonds is 5. The van der Waals surface area contributed by atoms with Gasteiger partial charge in [0, 0.05) is 11.6 Å². The second kappa shape index (κ2) is 7.77. The molecule has 29 heavy (non-hydrogen) atoms. The number of azo groups is 1. The van der Waals surface area contributed by atoms with E-state index in [2.05, 4.69) is 15.3 Å². The summed E-state index contributed by atoms with van der Waals surface area (Å²) in [6, 6.07) is 11.5. The summed E-state index contributed by atoms with van der Waals surface area (Å²) in [6.45, 7) is 0. The third kappa shape index (κ3) is 3.89. The van der Waals surface area contributed by atoms with Crippen molar-refractivity contribution in [1.82, 2.24) is 9.78 Å². The minimum atomic E-state index is -0.829. The fourth-order valence-electron chi connectivity index (χ4n) is 2.44. The second-order valence-electron chi connectivity index (χ2n) is 5.57. The molecule has 0 saturated heterocycles. The van der Waals surface area contributed by atoms with Gasteiger partial charge < -0.3 is 5.73 Å². The Hall–Kier alpha value is -4.26. The standard InChI is InChI=1S/C16H11N7O5S/c17-16(29)21-15(24)14(13(20-21)9-4-2-1-3-5-9)19-18-11-7-6-10(22(25)26)8-12(11)23(27)28/h1-8,20H,(H2,17,29). The predicted octanol–water partition coefficient (Wildman–Crippen LogP) is 3.17. The number of aromatic nitrogens is 2. The van der Waals surface area contributed by atoms with Crippen LogP contribution >= 0.6 is 12.2 Å². The highest BCUT2D eigenvalue weighted by molar-refractivity contribution is 7.80. The molecule has 2 aromatic carbocycles. The summed E-state index contributed by atoms with van der Waals surface area (Å²) in [6.07, 6.45) is 0. The van der Waals surface area contributed by atoms with Gasteiger partial charge in [-0.25, -0.2) is 0 Å². The summed E-state index contributed by atoms with van der Waals surface area (Å²) >= 11 is 4.83. The lowest BCUT2D eigenvalue weighted by Crippen LogP contribution is -2.29. The Bertz CT molecular complexity index is 1220. The molecule has 1 aromatic heterocycles. The SMILES string of the molecule is NC(=S)n1[nH]c(-c2ccccc2)c(N=Nc2ccc([N+](=O)[O-])cc2[N+](=O)[O-])c1=O. The number of nitrogens with zero attached hydrogens (tertiary/aromatic N) is 5. The number of nitro benzene ring substituents is 2. The predicted molar refractivity (Wildman–Crippen MR) is 107 cm³/mol. The number of nitrogens with one attached hydrogen (secondary N) is 1. The molecule has 0 aliphatic heterocycles. The van der Waals surface area contributed by atoms with Gasteiger partial charge in [0.25, 0.3) is 5.69 Å². The normalized spacial score (nSPS) is 10.9. The summed E-state index contributed by atoms with van der Waals surface area (Å²) in [5, 5.41) is 32.1. The Balaban J connectivity index is 2.15. The molecular formula is C16H11N7O5S. The smallest absolute Gasteiger partial charge is 0.303 e. The molecular weight excluding hydrogens is 402 g/mol. The van der Waals surface area contributed by atoms with Gasteiger partial charge in [0.15, 0.2) is 16.5 Å². The molecule has 0 aliphatic rings. The Morgan fingerprint density at radius 3 is 2.34 bits per heavy atom. The molecule has 0 aliphatic carbocycles. The molecule has 0 amide bonds. The summed E-state index contributed by atoms with van der Waals surface area (Å²) in [4.78, 5) is 33.0. The van der Waals surface area contributed by atoms with Gasteiger partial charge >= 0.3 is 11.2 Å². The summed E-state index contributed by atoms with van der Waals surface area (Å²) in [5.41, 5.74) is 4.10. The summed E-state index contributed by atoms with van der Waals surface area (Å²) < 4.78 is 0.885. The van der Waals surface area contributed by atoms with Crippen molar-refractivity contribution in [3.8, 4) is 11.3 Å². The number of thiocarbonyl (C=S) groups is 1. The van der Waals surface area contributed by atoms with Gasteiger partial charge in [-0.1, -0.05) is 30.3 Å². The van der Waals surface area contributed by atoms with Crippen molar-refractivity contribution in [2.24, 2.45) is 16.0 Å². The van der Waals surface area contributed by atoms with Crippen LogP contribution < -0.4 is 11.3 Å². The topological polar surface area (TPSA) is 175 Å². The molecule has 3 rings (SSSR count). The van der Waals surface area contributed by atoms with Crippen molar-refractivity contribution in [3.05, 3.63) is 79.1 Å².